The number of benzene rings is 2. The number of carbonyl (C=O) groups is 2. The van der Waals surface area contributed by atoms with E-state index in [-0.39, 0.29) is 34.6 Å². The van der Waals surface area contributed by atoms with Crippen molar-refractivity contribution in [3.63, 3.8) is 0 Å². The van der Waals surface area contributed by atoms with E-state index >= 15 is 0 Å². The van der Waals surface area contributed by atoms with Crippen molar-refractivity contribution in [1.29, 1.82) is 0 Å². The molecule has 0 saturated heterocycles. The first kappa shape index (κ1) is 22.2. The molecule has 0 spiro atoms. The van der Waals surface area contributed by atoms with Gasteiger partial charge in [-0.3, -0.25) is 14.3 Å². The molecular formula is C20H25N3O5S. The number of hydrogen-bond acceptors (Lipinski definition) is 5. The first-order valence-corrected chi connectivity index (χ1v) is 10.5. The summed E-state index contributed by atoms with van der Waals surface area (Å²) >= 11 is 0. The maximum absolute atomic E-state index is 12.9. The van der Waals surface area contributed by atoms with E-state index in [4.69, 9.17) is 4.74 Å². The Balaban J connectivity index is 2.23. The number of para-hydroxylation sites is 2. The van der Waals surface area contributed by atoms with Gasteiger partial charge in [0, 0.05) is 11.6 Å². The second-order valence-electron chi connectivity index (χ2n) is 6.69. The van der Waals surface area contributed by atoms with Gasteiger partial charge >= 0.3 is 0 Å². The number of sulfonamides is 1. The molecule has 0 atom stereocenters. The Morgan fingerprint density at radius 1 is 1.10 bits per heavy atom. The van der Waals surface area contributed by atoms with Crippen molar-refractivity contribution in [3.8, 4) is 5.75 Å². The largest absolute Gasteiger partial charge is 0.495 e. The van der Waals surface area contributed by atoms with Crippen molar-refractivity contribution in [2.45, 2.75) is 31.7 Å². The summed E-state index contributed by atoms with van der Waals surface area (Å²) < 4.78 is 33.4. The van der Waals surface area contributed by atoms with E-state index in [1.165, 1.54) is 19.2 Å². The maximum Gasteiger partial charge on any atom is 0.262 e. The van der Waals surface area contributed by atoms with Crippen LogP contribution in [0.5, 0.6) is 5.75 Å². The van der Waals surface area contributed by atoms with Gasteiger partial charge in [0.25, 0.3) is 15.9 Å². The van der Waals surface area contributed by atoms with Crippen LogP contribution in [-0.2, 0) is 14.8 Å². The van der Waals surface area contributed by atoms with Crippen LogP contribution >= 0.6 is 0 Å². The number of carbonyl (C=O) groups excluding carboxylic acids is 2. The summed E-state index contributed by atoms with van der Waals surface area (Å²) in [4.78, 5) is 24.0. The summed E-state index contributed by atoms with van der Waals surface area (Å²) in [5.74, 6) is -0.498. The molecule has 2 amide bonds. The predicted molar refractivity (Wildman–Crippen MR) is 111 cm³/mol. The number of ether oxygens (including phenoxy) is 1. The zero-order chi connectivity index (χ0) is 21.6. The maximum atomic E-state index is 12.9. The van der Waals surface area contributed by atoms with Crippen LogP contribution < -0.4 is 20.1 Å². The molecule has 2 aromatic carbocycles. The van der Waals surface area contributed by atoms with Crippen LogP contribution in [0, 0.1) is 6.92 Å². The third kappa shape index (κ3) is 5.95. The van der Waals surface area contributed by atoms with Gasteiger partial charge in [0.2, 0.25) is 5.91 Å². The Morgan fingerprint density at radius 2 is 1.79 bits per heavy atom. The lowest BCUT2D eigenvalue weighted by atomic mass is 10.1. The number of hydrogen-bond donors (Lipinski definition) is 3. The second-order valence-corrected chi connectivity index (χ2v) is 8.34. The molecule has 2 aromatic rings. The normalized spacial score (nSPS) is 11.1. The lowest BCUT2D eigenvalue weighted by Gasteiger charge is -2.14. The van der Waals surface area contributed by atoms with Crippen molar-refractivity contribution >= 4 is 27.5 Å². The molecule has 0 aliphatic heterocycles. The van der Waals surface area contributed by atoms with Gasteiger partial charge < -0.3 is 15.4 Å². The predicted octanol–water partition coefficient (Wildman–Crippen LogP) is 2.06. The van der Waals surface area contributed by atoms with E-state index in [1.807, 2.05) is 13.8 Å². The Kier molecular flexibility index (Phi) is 7.22. The summed E-state index contributed by atoms with van der Waals surface area (Å²) in [5, 5.41) is 5.14. The zero-order valence-corrected chi connectivity index (χ0v) is 17.6. The number of nitrogens with one attached hydrogen (secondary N) is 3. The highest BCUT2D eigenvalue weighted by Crippen LogP contribution is 2.27. The van der Waals surface area contributed by atoms with Gasteiger partial charge in [-0.25, -0.2) is 8.42 Å². The molecule has 0 aliphatic rings. The van der Waals surface area contributed by atoms with Crippen LogP contribution in [0.4, 0.5) is 5.69 Å². The highest BCUT2D eigenvalue weighted by atomic mass is 32.2. The molecule has 2 rings (SSSR count). The van der Waals surface area contributed by atoms with Gasteiger partial charge in [-0.05, 0) is 50.6 Å². The highest BCUT2D eigenvalue weighted by molar-refractivity contribution is 7.92. The average molecular weight is 420 g/mol. The van der Waals surface area contributed by atoms with Crippen LogP contribution in [0.3, 0.4) is 0 Å². The minimum atomic E-state index is -3.97. The molecule has 0 heterocycles. The third-order valence-electron chi connectivity index (χ3n) is 3.95. The highest BCUT2D eigenvalue weighted by Gasteiger charge is 2.21. The van der Waals surface area contributed by atoms with Gasteiger partial charge in [-0.15, -0.1) is 0 Å². The fourth-order valence-electron chi connectivity index (χ4n) is 2.60. The van der Waals surface area contributed by atoms with E-state index in [0.717, 1.165) is 0 Å². The number of methoxy groups -OCH3 is 1. The monoisotopic (exact) mass is 419 g/mol. The fourth-order valence-corrected chi connectivity index (χ4v) is 3.94. The fraction of sp³-hybridized carbons (Fsp3) is 0.300. The van der Waals surface area contributed by atoms with E-state index in [2.05, 4.69) is 15.4 Å². The lowest BCUT2D eigenvalue weighted by Crippen LogP contribution is -2.39. The van der Waals surface area contributed by atoms with Crippen molar-refractivity contribution in [3.05, 3.63) is 53.6 Å². The molecule has 9 heteroatoms. The van der Waals surface area contributed by atoms with Crippen LogP contribution in [-0.4, -0.2) is 39.9 Å². The Hall–Kier alpha value is -3.07. The van der Waals surface area contributed by atoms with Crippen molar-refractivity contribution in [2.75, 3.05) is 18.4 Å². The molecule has 8 nitrogen and oxygen atoms in total. The van der Waals surface area contributed by atoms with Gasteiger partial charge in [0.05, 0.1) is 24.2 Å². The Morgan fingerprint density at radius 3 is 2.45 bits per heavy atom. The molecule has 0 radical (unpaired) electrons. The summed E-state index contributed by atoms with van der Waals surface area (Å²) in [6.07, 6.45) is 0. The first-order chi connectivity index (χ1) is 13.6. The molecule has 0 unspecified atom stereocenters. The second kappa shape index (κ2) is 9.42. The van der Waals surface area contributed by atoms with Crippen LogP contribution in [0.15, 0.2) is 47.4 Å². The average Bonchev–Trinajstić information content (AvgIpc) is 2.66. The number of anilines is 1. The lowest BCUT2D eigenvalue weighted by molar-refractivity contribution is -0.120. The van der Waals surface area contributed by atoms with Crippen molar-refractivity contribution in [2.24, 2.45) is 0 Å². The van der Waals surface area contributed by atoms with Gasteiger partial charge in [-0.1, -0.05) is 18.2 Å². The molecule has 0 bridgehead atoms. The molecule has 0 saturated carbocycles. The SMILES string of the molecule is COc1ccccc1NS(=O)(=O)c1cc(C(=O)NCC(=O)NC(C)C)ccc1C. The van der Waals surface area contributed by atoms with Crippen molar-refractivity contribution in [1.82, 2.24) is 10.6 Å². The van der Waals surface area contributed by atoms with Crippen LogP contribution in [0.25, 0.3) is 0 Å². The quantitative estimate of drug-likeness (QED) is 0.606. The van der Waals surface area contributed by atoms with Gasteiger partial charge in [0.1, 0.15) is 5.75 Å². The molecule has 0 fully saturated rings. The minimum Gasteiger partial charge on any atom is -0.495 e. The molecule has 156 valence electrons. The summed E-state index contributed by atoms with van der Waals surface area (Å²) in [6.45, 7) is 5.05. The van der Waals surface area contributed by atoms with Crippen molar-refractivity contribution < 1.29 is 22.7 Å². The number of amides is 2. The van der Waals surface area contributed by atoms with E-state index in [9.17, 15) is 18.0 Å². The van der Waals surface area contributed by atoms with E-state index in [1.54, 1.807) is 37.3 Å². The topological polar surface area (TPSA) is 114 Å². The zero-order valence-electron chi connectivity index (χ0n) is 16.8. The van der Waals surface area contributed by atoms with Gasteiger partial charge in [0.15, 0.2) is 0 Å². The molecule has 0 aromatic heterocycles. The summed E-state index contributed by atoms with van der Waals surface area (Å²) in [7, 11) is -2.53. The van der Waals surface area contributed by atoms with E-state index in [0.29, 0.717) is 11.3 Å². The summed E-state index contributed by atoms with van der Waals surface area (Å²) in [6, 6.07) is 10.9. The molecule has 3 N–H and O–H groups in total. The molecular weight excluding hydrogens is 394 g/mol. The number of rotatable bonds is 8. The molecule has 0 aliphatic carbocycles. The van der Waals surface area contributed by atoms with E-state index < -0.39 is 15.9 Å². The molecule has 29 heavy (non-hydrogen) atoms. The van der Waals surface area contributed by atoms with Gasteiger partial charge in [-0.2, -0.15) is 0 Å². The first-order valence-electron chi connectivity index (χ1n) is 8.98. The number of aryl methyl sites for hydroxylation is 1. The Labute approximate surface area is 170 Å². The van der Waals surface area contributed by atoms with Crippen LogP contribution in [0.1, 0.15) is 29.8 Å². The third-order valence-corrected chi connectivity index (χ3v) is 5.46. The standard InChI is InChI=1S/C20H25N3O5S/c1-13(2)22-19(24)12-21-20(25)15-10-9-14(3)18(11-15)29(26,27)23-16-7-5-6-8-17(16)28-4/h5-11,13,23H,12H2,1-4H3,(H,21,25)(H,22,24). The smallest absolute Gasteiger partial charge is 0.262 e. The van der Waals surface area contributed by atoms with Crippen LogP contribution in [0.2, 0.25) is 0 Å². The summed E-state index contributed by atoms with van der Waals surface area (Å²) in [5.41, 5.74) is 0.893. The Bertz CT molecular complexity index is 1000. The minimum absolute atomic E-state index is 0.0392.